The number of rotatable bonds is 18. The lowest BCUT2D eigenvalue weighted by Gasteiger charge is -2.20. The summed E-state index contributed by atoms with van der Waals surface area (Å²) in [4.78, 5) is 59.2. The monoisotopic (exact) mass is 443 g/mol. The molecule has 0 saturated heterocycles. The van der Waals surface area contributed by atoms with Crippen LogP contribution in [0.3, 0.4) is 0 Å². The summed E-state index contributed by atoms with van der Waals surface area (Å²) in [6.07, 6.45) is 3.92. The van der Waals surface area contributed by atoms with Crippen LogP contribution in [-0.4, -0.2) is 81.8 Å². The second-order valence-corrected chi connectivity index (χ2v) is 6.97. The Morgan fingerprint density at radius 1 is 0.774 bits per heavy atom. The van der Waals surface area contributed by atoms with Gasteiger partial charge in [0.2, 0.25) is 23.6 Å². The van der Waals surface area contributed by atoms with Crippen molar-refractivity contribution in [2.24, 2.45) is 11.5 Å². The van der Waals surface area contributed by atoms with Gasteiger partial charge in [0.05, 0.1) is 19.6 Å². The smallest absolute Gasteiger partial charge is 0.243 e. The van der Waals surface area contributed by atoms with Crippen LogP contribution in [0.1, 0.15) is 38.5 Å². The molecule has 0 radical (unpaired) electrons. The summed E-state index contributed by atoms with van der Waals surface area (Å²) in [5, 5.41) is 12.8. The van der Waals surface area contributed by atoms with Crippen LogP contribution in [-0.2, 0) is 24.0 Å². The van der Waals surface area contributed by atoms with E-state index in [2.05, 4.69) is 26.6 Å². The van der Waals surface area contributed by atoms with Crippen LogP contribution in [0.25, 0.3) is 0 Å². The van der Waals surface area contributed by atoms with Gasteiger partial charge in [-0.15, -0.1) is 0 Å². The zero-order valence-electron chi connectivity index (χ0n) is 18.2. The van der Waals surface area contributed by atoms with E-state index in [-0.39, 0.29) is 25.5 Å². The molecule has 12 nitrogen and oxygen atoms in total. The molecule has 178 valence electrons. The number of likely N-dealkylation sites (N-methyl/N-ethyl adjacent to an activating group) is 1. The molecule has 12 heteroatoms. The average Bonchev–Trinajstić information content (AvgIpc) is 2.74. The van der Waals surface area contributed by atoms with Gasteiger partial charge in [0, 0.05) is 0 Å². The normalized spacial score (nSPS) is 12.4. The Kier molecular flexibility index (Phi) is 16.7. The van der Waals surface area contributed by atoms with Gasteiger partial charge in [-0.25, -0.2) is 0 Å². The molecule has 0 aliphatic rings. The van der Waals surface area contributed by atoms with Crippen LogP contribution in [0, 0.1) is 0 Å². The van der Waals surface area contributed by atoms with Gasteiger partial charge < -0.3 is 42.8 Å². The number of unbranched alkanes of at least 4 members (excludes halogenated alkanes) is 2. The molecule has 2 atom stereocenters. The molecular weight excluding hydrogens is 406 g/mol. The van der Waals surface area contributed by atoms with Gasteiger partial charge >= 0.3 is 0 Å². The maximum absolute atomic E-state index is 12.5. The number of nitrogens with one attached hydrogen (secondary N) is 5. The molecule has 0 aromatic heterocycles. The van der Waals surface area contributed by atoms with Crippen LogP contribution < -0.4 is 38.1 Å². The minimum atomic E-state index is -0.841. The van der Waals surface area contributed by atoms with E-state index in [1.807, 2.05) is 0 Å². The van der Waals surface area contributed by atoms with E-state index in [4.69, 9.17) is 11.5 Å². The van der Waals surface area contributed by atoms with Crippen molar-refractivity contribution in [1.29, 1.82) is 0 Å². The summed E-state index contributed by atoms with van der Waals surface area (Å²) in [7, 11) is 1.61. The lowest BCUT2D eigenvalue weighted by molar-refractivity contribution is -0.131. The van der Waals surface area contributed by atoms with E-state index >= 15 is 0 Å². The molecule has 0 aromatic rings. The molecule has 9 N–H and O–H groups in total. The van der Waals surface area contributed by atoms with Crippen molar-refractivity contribution in [2.75, 3.05) is 39.8 Å². The molecule has 2 unspecified atom stereocenters. The summed E-state index contributed by atoms with van der Waals surface area (Å²) < 4.78 is 0. The largest absolute Gasteiger partial charge is 0.348 e. The van der Waals surface area contributed by atoms with E-state index in [0.717, 1.165) is 0 Å². The summed E-state index contributed by atoms with van der Waals surface area (Å²) in [6.45, 7) is 0.468. The summed E-state index contributed by atoms with van der Waals surface area (Å²) in [5.74, 6) is -1.88. The van der Waals surface area contributed by atoms with E-state index in [9.17, 15) is 24.0 Å². The Morgan fingerprint density at radius 3 is 1.71 bits per heavy atom. The lowest BCUT2D eigenvalue weighted by Crippen LogP contribution is -2.53. The number of aldehydes is 1. The van der Waals surface area contributed by atoms with E-state index in [0.29, 0.717) is 57.9 Å². The fourth-order valence-electron chi connectivity index (χ4n) is 2.73. The third-order valence-corrected chi connectivity index (χ3v) is 4.32. The molecule has 0 spiro atoms. The van der Waals surface area contributed by atoms with Gasteiger partial charge in [-0.2, -0.15) is 0 Å². The second-order valence-electron chi connectivity index (χ2n) is 6.97. The molecule has 4 amide bonds. The third kappa shape index (κ3) is 14.1. The maximum atomic E-state index is 12.5. The first-order valence-electron chi connectivity index (χ1n) is 10.5. The van der Waals surface area contributed by atoms with Gasteiger partial charge in [0.25, 0.3) is 0 Å². The molecular formula is C19H37N7O5. The molecule has 0 aliphatic heterocycles. The summed E-state index contributed by atoms with van der Waals surface area (Å²) in [5.41, 5.74) is 10.9. The van der Waals surface area contributed by atoms with E-state index in [1.165, 1.54) is 0 Å². The van der Waals surface area contributed by atoms with Crippen LogP contribution in [0.5, 0.6) is 0 Å². The SMILES string of the molecule is CNCC(=O)NC(CCCCN)C(=O)NCC(=O)NC(CCCCN)C(=O)NCC=O. The van der Waals surface area contributed by atoms with E-state index in [1.54, 1.807) is 7.05 Å². The molecule has 0 saturated carbocycles. The van der Waals surface area contributed by atoms with Crippen LogP contribution in [0.2, 0.25) is 0 Å². The quantitative estimate of drug-likeness (QED) is 0.0851. The molecule has 0 bridgehead atoms. The molecule has 0 aromatic carbocycles. The number of hydrogen-bond donors (Lipinski definition) is 7. The molecule has 0 fully saturated rings. The van der Waals surface area contributed by atoms with Gasteiger partial charge in [0.15, 0.2) is 0 Å². The van der Waals surface area contributed by atoms with Crippen LogP contribution >= 0.6 is 0 Å². The van der Waals surface area contributed by atoms with Crippen molar-refractivity contribution in [3.63, 3.8) is 0 Å². The number of amides is 4. The highest BCUT2D eigenvalue weighted by Gasteiger charge is 2.23. The Hall–Kier alpha value is -2.57. The predicted octanol–water partition coefficient (Wildman–Crippen LogP) is -3.14. The fraction of sp³-hybridized carbons (Fsp3) is 0.737. The Bertz CT molecular complexity index is 574. The van der Waals surface area contributed by atoms with Gasteiger partial charge in [-0.05, 0) is 58.7 Å². The Balaban J connectivity index is 4.78. The van der Waals surface area contributed by atoms with Gasteiger partial charge in [0.1, 0.15) is 18.4 Å². The first kappa shape index (κ1) is 28.4. The second kappa shape index (κ2) is 18.2. The minimum Gasteiger partial charge on any atom is -0.348 e. The number of nitrogens with two attached hydrogens (primary N) is 2. The van der Waals surface area contributed by atoms with Crippen LogP contribution in [0.15, 0.2) is 0 Å². The number of carbonyl (C=O) groups is 5. The third-order valence-electron chi connectivity index (χ3n) is 4.32. The molecule has 31 heavy (non-hydrogen) atoms. The summed E-state index contributed by atoms with van der Waals surface area (Å²) >= 11 is 0. The molecule has 0 aliphatic carbocycles. The average molecular weight is 444 g/mol. The lowest BCUT2D eigenvalue weighted by atomic mass is 10.1. The zero-order chi connectivity index (χ0) is 23.5. The maximum Gasteiger partial charge on any atom is 0.243 e. The molecule has 0 rings (SSSR count). The van der Waals surface area contributed by atoms with Crippen molar-refractivity contribution >= 4 is 29.9 Å². The fourth-order valence-corrected chi connectivity index (χ4v) is 2.73. The van der Waals surface area contributed by atoms with Crippen molar-refractivity contribution < 1.29 is 24.0 Å². The number of carbonyl (C=O) groups excluding carboxylic acids is 5. The van der Waals surface area contributed by atoms with Crippen molar-refractivity contribution in [2.45, 2.75) is 50.6 Å². The van der Waals surface area contributed by atoms with Crippen LogP contribution in [0.4, 0.5) is 0 Å². The highest BCUT2D eigenvalue weighted by molar-refractivity contribution is 5.93. The zero-order valence-corrected chi connectivity index (χ0v) is 18.2. The Morgan fingerprint density at radius 2 is 1.26 bits per heavy atom. The molecule has 0 heterocycles. The first-order chi connectivity index (χ1) is 14.9. The first-order valence-corrected chi connectivity index (χ1v) is 10.5. The van der Waals surface area contributed by atoms with Gasteiger partial charge in [-0.3, -0.25) is 19.2 Å². The minimum absolute atomic E-state index is 0.0571. The number of hydrogen-bond acceptors (Lipinski definition) is 8. The highest BCUT2D eigenvalue weighted by Crippen LogP contribution is 2.02. The van der Waals surface area contributed by atoms with Crippen molar-refractivity contribution in [1.82, 2.24) is 26.6 Å². The topological polar surface area (TPSA) is 198 Å². The summed E-state index contributed by atoms with van der Waals surface area (Å²) in [6, 6.07) is -1.64. The predicted molar refractivity (Wildman–Crippen MR) is 116 cm³/mol. The standard InChI is InChI=1S/C19H37N7O5/c1-22-12-16(28)25-15(7-3-5-9-21)19(31)24-13-17(29)26-14(6-2-4-8-20)18(30)23-10-11-27/h11,14-15,22H,2-10,12-13,20-21H2,1H3,(H,23,30)(H,24,31)(H,25,28)(H,26,29). The van der Waals surface area contributed by atoms with E-state index < -0.39 is 29.8 Å². The van der Waals surface area contributed by atoms with Crippen molar-refractivity contribution in [3.8, 4) is 0 Å². The van der Waals surface area contributed by atoms with Gasteiger partial charge in [-0.1, -0.05) is 0 Å². The van der Waals surface area contributed by atoms with Crippen molar-refractivity contribution in [3.05, 3.63) is 0 Å². The highest BCUT2D eigenvalue weighted by atomic mass is 16.2. The Labute approximate surface area is 183 Å².